The number of hydrogen-bond acceptors (Lipinski definition) is 4. The number of hydrogen-bond donors (Lipinski definition) is 1. The van der Waals surface area contributed by atoms with Crippen molar-refractivity contribution in [2.45, 2.75) is 25.6 Å². The van der Waals surface area contributed by atoms with Crippen LogP contribution < -0.4 is 11.3 Å². The van der Waals surface area contributed by atoms with E-state index in [0.717, 1.165) is 16.7 Å². The zero-order chi connectivity index (χ0) is 22.9. The SMILES string of the molecule is NC(=O)[C@@H]1Cc2ccccc2CN1C(=O)c1nn(Cc2ccccc2)c(=O)c2ccccc12. The summed E-state index contributed by atoms with van der Waals surface area (Å²) in [5, 5.41) is 5.34. The van der Waals surface area contributed by atoms with Gasteiger partial charge in [0.1, 0.15) is 6.04 Å². The van der Waals surface area contributed by atoms with Gasteiger partial charge in [0.2, 0.25) is 5.91 Å². The molecule has 0 spiro atoms. The predicted molar refractivity (Wildman–Crippen MR) is 125 cm³/mol. The van der Waals surface area contributed by atoms with Gasteiger partial charge in [0.05, 0.1) is 11.9 Å². The number of nitrogens with two attached hydrogens (primary N) is 1. The second-order valence-corrected chi connectivity index (χ2v) is 8.17. The number of amides is 2. The first-order chi connectivity index (χ1) is 16.0. The van der Waals surface area contributed by atoms with Crippen molar-refractivity contribution in [2.24, 2.45) is 5.73 Å². The number of carbonyl (C=O) groups is 2. The maximum Gasteiger partial charge on any atom is 0.275 e. The van der Waals surface area contributed by atoms with Gasteiger partial charge in [-0.15, -0.1) is 0 Å². The summed E-state index contributed by atoms with van der Waals surface area (Å²) >= 11 is 0. The number of fused-ring (bicyclic) bond motifs is 2. The quantitative estimate of drug-likeness (QED) is 0.529. The van der Waals surface area contributed by atoms with E-state index in [0.29, 0.717) is 17.2 Å². The summed E-state index contributed by atoms with van der Waals surface area (Å²) in [4.78, 5) is 40.7. The standard InChI is InChI=1S/C26H22N4O3/c27-24(31)22-14-18-10-4-5-11-19(18)16-29(22)26(33)23-20-12-6-7-13-21(20)25(32)30(28-23)15-17-8-2-1-3-9-17/h1-13,22H,14-16H2,(H2,27,31)/t22-/m0/s1. The molecular weight excluding hydrogens is 416 g/mol. The van der Waals surface area contributed by atoms with Gasteiger partial charge in [0, 0.05) is 18.4 Å². The Morgan fingerprint density at radius 2 is 1.52 bits per heavy atom. The molecule has 0 bridgehead atoms. The van der Waals surface area contributed by atoms with Crippen molar-refractivity contribution in [3.8, 4) is 0 Å². The average molecular weight is 438 g/mol. The fourth-order valence-electron chi connectivity index (χ4n) is 4.38. The van der Waals surface area contributed by atoms with Gasteiger partial charge < -0.3 is 10.6 Å². The van der Waals surface area contributed by atoms with E-state index in [1.54, 1.807) is 24.3 Å². The monoisotopic (exact) mass is 438 g/mol. The molecule has 5 rings (SSSR count). The van der Waals surface area contributed by atoms with E-state index < -0.39 is 17.9 Å². The Hall–Kier alpha value is -4.26. The molecule has 7 heteroatoms. The van der Waals surface area contributed by atoms with Crippen LogP contribution in [0.2, 0.25) is 0 Å². The molecule has 1 aromatic heterocycles. The third-order valence-electron chi connectivity index (χ3n) is 6.08. The van der Waals surface area contributed by atoms with E-state index in [9.17, 15) is 14.4 Å². The molecule has 2 amide bonds. The molecule has 0 unspecified atom stereocenters. The Labute approximate surface area is 190 Å². The van der Waals surface area contributed by atoms with Crippen LogP contribution in [0.15, 0.2) is 83.7 Å². The summed E-state index contributed by atoms with van der Waals surface area (Å²) in [5.74, 6) is -0.994. The van der Waals surface area contributed by atoms with Gasteiger partial charge in [0.15, 0.2) is 5.69 Å². The summed E-state index contributed by atoms with van der Waals surface area (Å²) in [6.45, 7) is 0.475. The van der Waals surface area contributed by atoms with Crippen molar-refractivity contribution in [1.29, 1.82) is 0 Å². The highest BCUT2D eigenvalue weighted by Crippen LogP contribution is 2.26. The zero-order valence-corrected chi connectivity index (χ0v) is 17.8. The van der Waals surface area contributed by atoms with E-state index in [-0.39, 0.29) is 24.3 Å². The maximum atomic E-state index is 13.8. The fraction of sp³-hybridized carbons (Fsp3) is 0.154. The Bertz CT molecular complexity index is 1430. The Balaban J connectivity index is 1.63. The largest absolute Gasteiger partial charge is 0.368 e. The normalized spacial score (nSPS) is 15.3. The lowest BCUT2D eigenvalue weighted by Crippen LogP contribution is -2.51. The molecule has 0 saturated carbocycles. The Morgan fingerprint density at radius 3 is 2.24 bits per heavy atom. The van der Waals surface area contributed by atoms with Gasteiger partial charge in [-0.1, -0.05) is 72.8 Å². The predicted octanol–water partition coefficient (Wildman–Crippen LogP) is 2.50. The average Bonchev–Trinajstić information content (AvgIpc) is 2.85. The van der Waals surface area contributed by atoms with Gasteiger partial charge in [-0.05, 0) is 22.8 Å². The van der Waals surface area contributed by atoms with Gasteiger partial charge in [-0.3, -0.25) is 14.4 Å². The Morgan fingerprint density at radius 1 is 0.879 bits per heavy atom. The fourth-order valence-corrected chi connectivity index (χ4v) is 4.38. The summed E-state index contributed by atoms with van der Waals surface area (Å²) in [7, 11) is 0. The topological polar surface area (TPSA) is 98.3 Å². The molecule has 1 aliphatic heterocycles. The van der Waals surface area contributed by atoms with E-state index in [2.05, 4.69) is 5.10 Å². The van der Waals surface area contributed by atoms with E-state index in [1.807, 2.05) is 54.6 Å². The minimum atomic E-state index is -0.789. The summed E-state index contributed by atoms with van der Waals surface area (Å²) in [5.41, 5.74) is 8.40. The van der Waals surface area contributed by atoms with Gasteiger partial charge >= 0.3 is 0 Å². The highest BCUT2D eigenvalue weighted by atomic mass is 16.2. The summed E-state index contributed by atoms with van der Waals surface area (Å²) < 4.78 is 1.31. The third-order valence-corrected chi connectivity index (χ3v) is 6.08. The van der Waals surface area contributed by atoms with Crippen LogP contribution in [0, 0.1) is 0 Å². The van der Waals surface area contributed by atoms with Crippen LogP contribution in [0.4, 0.5) is 0 Å². The summed E-state index contributed by atoms with van der Waals surface area (Å²) in [6.07, 6.45) is 0.346. The van der Waals surface area contributed by atoms with Crippen molar-refractivity contribution < 1.29 is 9.59 Å². The number of benzene rings is 3. The van der Waals surface area contributed by atoms with Crippen LogP contribution in [0.25, 0.3) is 10.8 Å². The minimum Gasteiger partial charge on any atom is -0.368 e. The molecule has 33 heavy (non-hydrogen) atoms. The van der Waals surface area contributed by atoms with Crippen molar-refractivity contribution in [2.75, 3.05) is 0 Å². The maximum absolute atomic E-state index is 13.8. The lowest BCUT2D eigenvalue weighted by molar-refractivity contribution is -0.122. The van der Waals surface area contributed by atoms with Crippen LogP contribution in [0.1, 0.15) is 27.2 Å². The third kappa shape index (κ3) is 3.78. The van der Waals surface area contributed by atoms with E-state index >= 15 is 0 Å². The first-order valence-electron chi connectivity index (χ1n) is 10.7. The van der Waals surface area contributed by atoms with Gasteiger partial charge in [-0.25, -0.2) is 4.68 Å². The van der Waals surface area contributed by atoms with Crippen LogP contribution in [-0.2, 0) is 24.3 Å². The highest BCUT2D eigenvalue weighted by molar-refractivity contribution is 6.06. The van der Waals surface area contributed by atoms with E-state index in [4.69, 9.17) is 5.73 Å². The zero-order valence-electron chi connectivity index (χ0n) is 17.8. The second kappa shape index (κ2) is 8.35. The Kier molecular flexibility index (Phi) is 5.22. The van der Waals surface area contributed by atoms with Crippen molar-refractivity contribution in [1.82, 2.24) is 14.7 Å². The molecule has 0 radical (unpaired) electrons. The van der Waals surface area contributed by atoms with Crippen LogP contribution in [-0.4, -0.2) is 32.5 Å². The number of rotatable bonds is 4. The number of carbonyl (C=O) groups excluding carboxylic acids is 2. The molecule has 0 aliphatic carbocycles. The molecule has 2 N–H and O–H groups in total. The van der Waals surface area contributed by atoms with Crippen LogP contribution in [0.3, 0.4) is 0 Å². The molecule has 7 nitrogen and oxygen atoms in total. The molecule has 2 heterocycles. The number of nitrogens with zero attached hydrogens (tertiary/aromatic N) is 3. The number of aromatic nitrogens is 2. The molecular formula is C26H22N4O3. The lowest BCUT2D eigenvalue weighted by atomic mass is 9.93. The molecule has 0 saturated heterocycles. The summed E-state index contributed by atoms with van der Waals surface area (Å²) in [6, 6.07) is 23.3. The first-order valence-corrected chi connectivity index (χ1v) is 10.7. The van der Waals surface area contributed by atoms with Crippen LogP contribution in [0.5, 0.6) is 0 Å². The van der Waals surface area contributed by atoms with E-state index in [1.165, 1.54) is 9.58 Å². The lowest BCUT2D eigenvalue weighted by Gasteiger charge is -2.35. The molecule has 1 atom stereocenters. The van der Waals surface area contributed by atoms with Crippen LogP contribution >= 0.6 is 0 Å². The molecule has 1 aliphatic rings. The smallest absolute Gasteiger partial charge is 0.275 e. The molecule has 0 fully saturated rings. The van der Waals surface area contributed by atoms with Gasteiger partial charge in [-0.2, -0.15) is 5.10 Å². The minimum absolute atomic E-state index is 0.131. The van der Waals surface area contributed by atoms with Crippen molar-refractivity contribution >= 4 is 22.6 Å². The highest BCUT2D eigenvalue weighted by Gasteiger charge is 2.35. The van der Waals surface area contributed by atoms with Crippen molar-refractivity contribution in [3.05, 3.63) is 112 Å². The second-order valence-electron chi connectivity index (χ2n) is 8.17. The van der Waals surface area contributed by atoms with Gasteiger partial charge in [0.25, 0.3) is 11.5 Å². The molecule has 4 aromatic rings. The molecule has 3 aromatic carbocycles. The van der Waals surface area contributed by atoms with Crippen molar-refractivity contribution in [3.63, 3.8) is 0 Å². The first kappa shape index (κ1) is 20.6. The number of primary amides is 1. The molecule has 164 valence electrons.